The molecule has 0 unspecified atom stereocenters. The maximum atomic E-state index is 12.8. The fourth-order valence-electron chi connectivity index (χ4n) is 1.60. The normalized spacial score (nSPS) is 10.1. The largest absolute Gasteiger partial charge is 0.360 e. The van der Waals surface area contributed by atoms with Crippen LogP contribution in [0, 0.1) is 15.9 Å². The molecule has 2 rings (SSSR count). The smallest absolute Gasteiger partial charge is 0.311 e. The molecule has 0 saturated heterocycles. The Balaban J connectivity index is 2.18. The number of nitrogens with two attached hydrogens (primary N) is 1. The first-order valence-electron chi connectivity index (χ1n) is 5.70. The molecule has 0 aliphatic heterocycles. The third-order valence-corrected chi connectivity index (χ3v) is 2.59. The molecular weight excluding hydrogens is 265 g/mol. The SMILES string of the molecule is NNc1ccc([N+](=O)[O-])c(NCc2ccc(F)cc2)n1. The molecule has 0 bridgehead atoms. The summed E-state index contributed by atoms with van der Waals surface area (Å²) in [5, 5.41) is 13.7. The average Bonchev–Trinajstić information content (AvgIpc) is 2.46. The number of benzene rings is 1. The molecule has 7 nitrogen and oxygen atoms in total. The van der Waals surface area contributed by atoms with E-state index in [1.165, 1.54) is 24.3 Å². The Morgan fingerprint density at radius 2 is 1.95 bits per heavy atom. The van der Waals surface area contributed by atoms with E-state index < -0.39 is 4.92 Å². The topological polar surface area (TPSA) is 106 Å². The van der Waals surface area contributed by atoms with Crippen molar-refractivity contribution < 1.29 is 9.31 Å². The second kappa shape index (κ2) is 5.93. The molecule has 0 atom stereocenters. The lowest BCUT2D eigenvalue weighted by Crippen LogP contribution is -2.11. The summed E-state index contributed by atoms with van der Waals surface area (Å²) in [6, 6.07) is 8.50. The molecule has 1 aromatic carbocycles. The molecular formula is C12H12FN5O2. The monoisotopic (exact) mass is 277 g/mol. The van der Waals surface area contributed by atoms with Crippen molar-refractivity contribution in [1.82, 2.24) is 4.98 Å². The first-order chi connectivity index (χ1) is 9.60. The van der Waals surface area contributed by atoms with E-state index in [0.29, 0.717) is 5.82 Å². The molecule has 0 saturated carbocycles. The van der Waals surface area contributed by atoms with Crippen molar-refractivity contribution in [3.63, 3.8) is 0 Å². The lowest BCUT2D eigenvalue weighted by molar-refractivity contribution is -0.384. The van der Waals surface area contributed by atoms with E-state index in [9.17, 15) is 14.5 Å². The highest BCUT2D eigenvalue weighted by atomic mass is 19.1. The summed E-state index contributed by atoms with van der Waals surface area (Å²) >= 11 is 0. The van der Waals surface area contributed by atoms with E-state index in [4.69, 9.17) is 5.84 Å². The highest BCUT2D eigenvalue weighted by Gasteiger charge is 2.15. The van der Waals surface area contributed by atoms with Gasteiger partial charge in [-0.3, -0.25) is 10.1 Å². The van der Waals surface area contributed by atoms with E-state index in [2.05, 4.69) is 15.7 Å². The van der Waals surface area contributed by atoms with Crippen molar-refractivity contribution in [3.05, 3.63) is 57.9 Å². The molecule has 1 aromatic heterocycles. The van der Waals surface area contributed by atoms with Crippen LogP contribution in [0.15, 0.2) is 36.4 Å². The fourth-order valence-corrected chi connectivity index (χ4v) is 1.60. The number of nitrogens with zero attached hydrogens (tertiary/aromatic N) is 2. The van der Waals surface area contributed by atoms with Crippen LogP contribution in [0.1, 0.15) is 5.56 Å². The molecule has 2 aromatic rings. The molecule has 0 radical (unpaired) electrons. The van der Waals surface area contributed by atoms with Crippen LogP contribution in [-0.4, -0.2) is 9.91 Å². The Morgan fingerprint density at radius 3 is 2.55 bits per heavy atom. The van der Waals surface area contributed by atoms with E-state index in [1.807, 2.05) is 0 Å². The number of hydrazine groups is 1. The molecule has 0 amide bonds. The number of nitro groups is 1. The van der Waals surface area contributed by atoms with Crippen LogP contribution >= 0.6 is 0 Å². The predicted octanol–water partition coefficient (Wildman–Crippen LogP) is 2.03. The highest BCUT2D eigenvalue weighted by Crippen LogP contribution is 2.24. The quantitative estimate of drug-likeness (QED) is 0.438. The van der Waals surface area contributed by atoms with Crippen molar-refractivity contribution in [1.29, 1.82) is 0 Å². The van der Waals surface area contributed by atoms with Gasteiger partial charge < -0.3 is 10.7 Å². The Bertz CT molecular complexity index is 618. The third kappa shape index (κ3) is 3.18. The van der Waals surface area contributed by atoms with E-state index in [1.54, 1.807) is 12.1 Å². The molecule has 0 aliphatic carbocycles. The van der Waals surface area contributed by atoms with Crippen LogP contribution in [0.25, 0.3) is 0 Å². The van der Waals surface area contributed by atoms with Crippen molar-refractivity contribution in [2.45, 2.75) is 6.54 Å². The first-order valence-corrected chi connectivity index (χ1v) is 5.70. The van der Waals surface area contributed by atoms with Crippen LogP contribution in [0.4, 0.5) is 21.7 Å². The number of aromatic nitrogens is 1. The number of nitrogens with one attached hydrogen (secondary N) is 2. The lowest BCUT2D eigenvalue weighted by atomic mass is 10.2. The summed E-state index contributed by atoms with van der Waals surface area (Å²) in [6.07, 6.45) is 0. The minimum atomic E-state index is -0.541. The van der Waals surface area contributed by atoms with Crippen molar-refractivity contribution in [3.8, 4) is 0 Å². The molecule has 8 heteroatoms. The summed E-state index contributed by atoms with van der Waals surface area (Å²) in [5.74, 6) is 5.27. The van der Waals surface area contributed by atoms with Gasteiger partial charge in [0.25, 0.3) is 0 Å². The molecule has 0 fully saturated rings. The Hall–Kier alpha value is -2.74. The number of pyridine rings is 1. The zero-order chi connectivity index (χ0) is 14.5. The van der Waals surface area contributed by atoms with Crippen LogP contribution in [-0.2, 0) is 6.54 Å². The zero-order valence-corrected chi connectivity index (χ0v) is 10.3. The maximum Gasteiger partial charge on any atom is 0.311 e. The summed E-state index contributed by atoms with van der Waals surface area (Å²) in [5.41, 5.74) is 2.93. The average molecular weight is 277 g/mol. The van der Waals surface area contributed by atoms with E-state index in [0.717, 1.165) is 5.56 Å². The van der Waals surface area contributed by atoms with Crippen molar-refractivity contribution >= 4 is 17.3 Å². The fraction of sp³-hybridized carbons (Fsp3) is 0.0833. The van der Waals surface area contributed by atoms with Gasteiger partial charge in [-0.25, -0.2) is 15.2 Å². The summed E-state index contributed by atoms with van der Waals surface area (Å²) in [7, 11) is 0. The number of halogens is 1. The Morgan fingerprint density at radius 1 is 1.25 bits per heavy atom. The number of nitrogen functional groups attached to an aromatic ring is 1. The van der Waals surface area contributed by atoms with Gasteiger partial charge in [-0.15, -0.1) is 0 Å². The highest BCUT2D eigenvalue weighted by molar-refractivity contribution is 5.60. The molecule has 0 spiro atoms. The third-order valence-electron chi connectivity index (χ3n) is 2.59. The predicted molar refractivity (Wildman–Crippen MR) is 72.4 cm³/mol. The summed E-state index contributed by atoms with van der Waals surface area (Å²) in [4.78, 5) is 14.3. The number of hydrogen-bond acceptors (Lipinski definition) is 6. The minimum absolute atomic E-state index is 0.0924. The first kappa shape index (κ1) is 13.7. The molecule has 0 aliphatic rings. The molecule has 104 valence electrons. The second-order valence-corrected chi connectivity index (χ2v) is 3.95. The van der Waals surface area contributed by atoms with Crippen LogP contribution in [0.5, 0.6) is 0 Å². The molecule has 20 heavy (non-hydrogen) atoms. The van der Waals surface area contributed by atoms with Crippen LogP contribution in [0.2, 0.25) is 0 Å². The number of rotatable bonds is 5. The van der Waals surface area contributed by atoms with Gasteiger partial charge >= 0.3 is 5.69 Å². The van der Waals surface area contributed by atoms with Gasteiger partial charge in [-0.05, 0) is 23.8 Å². The van der Waals surface area contributed by atoms with Gasteiger partial charge in [0.05, 0.1) is 4.92 Å². The standard InChI is InChI=1S/C12H12FN5O2/c13-9-3-1-8(2-4-9)7-15-12-10(18(19)20)5-6-11(16-12)17-14/h1-6H,7,14H2,(H2,15,16,17). The number of hydrogen-bond donors (Lipinski definition) is 3. The van der Waals surface area contributed by atoms with E-state index >= 15 is 0 Å². The van der Waals surface area contributed by atoms with Gasteiger partial charge in [-0.1, -0.05) is 12.1 Å². The second-order valence-electron chi connectivity index (χ2n) is 3.95. The van der Waals surface area contributed by atoms with Crippen LogP contribution < -0.4 is 16.6 Å². The minimum Gasteiger partial charge on any atom is -0.360 e. The van der Waals surface area contributed by atoms with Crippen molar-refractivity contribution in [2.75, 3.05) is 10.7 Å². The Kier molecular flexibility index (Phi) is 4.06. The zero-order valence-electron chi connectivity index (χ0n) is 10.3. The molecule has 4 N–H and O–H groups in total. The lowest BCUT2D eigenvalue weighted by Gasteiger charge is -2.08. The molecule has 1 heterocycles. The van der Waals surface area contributed by atoms with Gasteiger partial charge in [-0.2, -0.15) is 0 Å². The van der Waals surface area contributed by atoms with Crippen molar-refractivity contribution in [2.24, 2.45) is 5.84 Å². The maximum absolute atomic E-state index is 12.8. The van der Waals surface area contributed by atoms with Gasteiger partial charge in [0.15, 0.2) is 0 Å². The van der Waals surface area contributed by atoms with E-state index in [-0.39, 0.29) is 23.9 Å². The summed E-state index contributed by atoms with van der Waals surface area (Å²) < 4.78 is 12.8. The Labute approximate surface area is 113 Å². The summed E-state index contributed by atoms with van der Waals surface area (Å²) in [6.45, 7) is 0.280. The van der Waals surface area contributed by atoms with Gasteiger partial charge in [0.1, 0.15) is 11.6 Å². The van der Waals surface area contributed by atoms with Crippen LogP contribution in [0.3, 0.4) is 0 Å². The van der Waals surface area contributed by atoms with Gasteiger partial charge in [0.2, 0.25) is 5.82 Å². The number of anilines is 2. The van der Waals surface area contributed by atoms with Gasteiger partial charge in [0, 0.05) is 12.6 Å².